The molecule has 0 unspecified atom stereocenters. The molecular weight excluding hydrogens is 460 g/mol. The Labute approximate surface area is 187 Å². The molecule has 164 valence electrons. The van der Waals surface area contributed by atoms with Gasteiger partial charge in [-0.05, 0) is 66.1 Å². The van der Waals surface area contributed by atoms with Crippen molar-refractivity contribution >= 4 is 38.5 Å². The largest absolute Gasteiger partial charge is 0.481 e. The quantitative estimate of drug-likeness (QED) is 0.400. The van der Waals surface area contributed by atoms with Crippen molar-refractivity contribution < 1.29 is 27.1 Å². The highest BCUT2D eigenvalue weighted by Gasteiger charge is 2.23. The van der Waals surface area contributed by atoms with Gasteiger partial charge in [-0.2, -0.15) is 0 Å². The molecule has 0 atom stereocenters. The van der Waals surface area contributed by atoms with Gasteiger partial charge in [0.15, 0.2) is 0 Å². The lowest BCUT2D eigenvalue weighted by molar-refractivity contribution is -0.136. The molecular formula is C23H16ClF2NO4S. The molecule has 1 N–H and O–H groups in total. The number of aromatic nitrogens is 1. The zero-order valence-corrected chi connectivity index (χ0v) is 18.0. The number of carbonyl (C=O) groups is 1. The summed E-state index contributed by atoms with van der Waals surface area (Å²) in [6, 6.07) is 13.5. The van der Waals surface area contributed by atoms with Crippen molar-refractivity contribution in [2.24, 2.45) is 0 Å². The van der Waals surface area contributed by atoms with Crippen LogP contribution in [0.15, 0.2) is 71.8 Å². The minimum absolute atomic E-state index is 0.0355. The topological polar surface area (TPSA) is 76.4 Å². The highest BCUT2D eigenvalue weighted by atomic mass is 35.5. The van der Waals surface area contributed by atoms with E-state index in [9.17, 15) is 22.0 Å². The van der Waals surface area contributed by atoms with Gasteiger partial charge in [0.1, 0.15) is 11.6 Å². The molecule has 1 aromatic heterocycles. The normalized spacial score (nSPS) is 11.7. The lowest BCUT2D eigenvalue weighted by Crippen LogP contribution is -2.12. The Morgan fingerprint density at radius 1 is 1.03 bits per heavy atom. The lowest BCUT2D eigenvalue weighted by Gasteiger charge is -2.10. The summed E-state index contributed by atoms with van der Waals surface area (Å²) in [5, 5.41) is 9.52. The smallest absolute Gasteiger partial charge is 0.303 e. The van der Waals surface area contributed by atoms with Crippen molar-refractivity contribution in [2.75, 3.05) is 0 Å². The summed E-state index contributed by atoms with van der Waals surface area (Å²) >= 11 is 5.80. The summed E-state index contributed by atoms with van der Waals surface area (Å²) in [5.41, 5.74) is 1.14. The number of hydrogen-bond donors (Lipinski definition) is 1. The van der Waals surface area contributed by atoms with E-state index in [1.165, 1.54) is 48.7 Å². The van der Waals surface area contributed by atoms with Gasteiger partial charge in [0.25, 0.3) is 10.0 Å². The summed E-state index contributed by atoms with van der Waals surface area (Å²) in [5.74, 6) is -2.21. The Bertz CT molecular complexity index is 1460. The van der Waals surface area contributed by atoms with E-state index >= 15 is 0 Å². The predicted octanol–water partition coefficient (Wildman–Crippen LogP) is 5.49. The van der Waals surface area contributed by atoms with E-state index in [1.807, 2.05) is 0 Å². The van der Waals surface area contributed by atoms with Crippen molar-refractivity contribution in [3.05, 3.63) is 89.1 Å². The van der Waals surface area contributed by atoms with Crippen LogP contribution in [0, 0.1) is 11.6 Å². The third kappa shape index (κ3) is 4.11. The maximum Gasteiger partial charge on any atom is 0.303 e. The van der Waals surface area contributed by atoms with Gasteiger partial charge in [0, 0.05) is 28.6 Å². The molecule has 4 rings (SSSR count). The van der Waals surface area contributed by atoms with Crippen molar-refractivity contribution in [3.63, 3.8) is 0 Å². The number of carboxylic acids is 1. The first kappa shape index (κ1) is 22.0. The van der Waals surface area contributed by atoms with Gasteiger partial charge in [0.05, 0.1) is 10.4 Å². The van der Waals surface area contributed by atoms with E-state index in [0.29, 0.717) is 16.5 Å². The van der Waals surface area contributed by atoms with Crippen LogP contribution in [0.4, 0.5) is 8.78 Å². The van der Waals surface area contributed by atoms with E-state index in [0.717, 1.165) is 16.1 Å². The molecule has 0 radical (unpaired) electrons. The summed E-state index contributed by atoms with van der Waals surface area (Å²) < 4.78 is 56.1. The summed E-state index contributed by atoms with van der Waals surface area (Å²) in [4.78, 5) is 10.9. The second-order valence-corrected chi connectivity index (χ2v) is 9.41. The molecule has 0 aliphatic rings. The fourth-order valence-corrected chi connectivity index (χ4v) is 5.14. The predicted molar refractivity (Wildman–Crippen MR) is 117 cm³/mol. The Morgan fingerprint density at radius 2 is 1.81 bits per heavy atom. The van der Waals surface area contributed by atoms with E-state index in [-0.39, 0.29) is 33.8 Å². The van der Waals surface area contributed by atoms with E-state index in [4.69, 9.17) is 16.7 Å². The molecule has 1 heterocycles. The molecule has 0 aliphatic heterocycles. The third-order valence-corrected chi connectivity index (χ3v) is 6.96. The number of carboxylic acid groups (broad SMARTS) is 1. The van der Waals surface area contributed by atoms with E-state index in [1.54, 1.807) is 6.07 Å². The monoisotopic (exact) mass is 475 g/mol. The van der Waals surface area contributed by atoms with E-state index in [2.05, 4.69) is 0 Å². The van der Waals surface area contributed by atoms with Crippen molar-refractivity contribution in [3.8, 4) is 11.1 Å². The zero-order valence-electron chi connectivity index (χ0n) is 16.4. The summed E-state index contributed by atoms with van der Waals surface area (Å²) in [7, 11) is -4.15. The van der Waals surface area contributed by atoms with Gasteiger partial charge in [0.2, 0.25) is 0 Å². The van der Waals surface area contributed by atoms with E-state index < -0.39 is 27.6 Å². The molecule has 0 saturated carbocycles. The van der Waals surface area contributed by atoms with Crippen LogP contribution in [0.25, 0.3) is 22.0 Å². The van der Waals surface area contributed by atoms with Crippen LogP contribution < -0.4 is 0 Å². The van der Waals surface area contributed by atoms with Crippen LogP contribution in [0.3, 0.4) is 0 Å². The third-order valence-electron chi connectivity index (χ3n) is 5.06. The molecule has 4 aromatic rings. The Kier molecular flexibility index (Phi) is 5.75. The molecule has 0 bridgehead atoms. The zero-order chi connectivity index (χ0) is 23.0. The number of nitrogens with zero attached hydrogens (tertiary/aromatic N) is 1. The molecule has 0 fully saturated rings. The Morgan fingerprint density at radius 3 is 2.53 bits per heavy atom. The SMILES string of the molecule is O=C(O)CCc1cn(S(=O)(=O)c2cccc(-c3ccc(Cl)cc3F)c2)c2ccc(F)cc12. The minimum atomic E-state index is -4.15. The fourth-order valence-electron chi connectivity index (χ4n) is 3.54. The maximum absolute atomic E-state index is 14.4. The van der Waals surface area contributed by atoms with Crippen LogP contribution in [0.2, 0.25) is 5.02 Å². The second-order valence-electron chi connectivity index (χ2n) is 7.16. The molecule has 5 nitrogen and oxygen atoms in total. The molecule has 0 saturated heterocycles. The second kappa shape index (κ2) is 8.37. The number of hydrogen-bond acceptors (Lipinski definition) is 3. The van der Waals surface area contributed by atoms with Gasteiger partial charge in [-0.15, -0.1) is 0 Å². The number of halogens is 3. The first-order valence-electron chi connectivity index (χ1n) is 9.49. The number of benzene rings is 3. The molecule has 3 aromatic carbocycles. The highest BCUT2D eigenvalue weighted by molar-refractivity contribution is 7.90. The highest BCUT2D eigenvalue weighted by Crippen LogP contribution is 2.31. The Hall–Kier alpha value is -3.23. The summed E-state index contributed by atoms with van der Waals surface area (Å²) in [6.45, 7) is 0. The molecule has 9 heteroatoms. The van der Waals surface area contributed by atoms with Gasteiger partial charge < -0.3 is 5.11 Å². The molecule has 0 spiro atoms. The van der Waals surface area contributed by atoms with Gasteiger partial charge in [-0.3, -0.25) is 4.79 Å². The Balaban J connectivity index is 1.84. The average Bonchev–Trinajstić information content (AvgIpc) is 3.11. The van der Waals surface area contributed by atoms with Crippen LogP contribution in [-0.4, -0.2) is 23.5 Å². The fraction of sp³-hybridized carbons (Fsp3) is 0.0870. The minimum Gasteiger partial charge on any atom is -0.481 e. The van der Waals surface area contributed by atoms with Gasteiger partial charge >= 0.3 is 5.97 Å². The van der Waals surface area contributed by atoms with Crippen molar-refractivity contribution in [2.45, 2.75) is 17.7 Å². The van der Waals surface area contributed by atoms with Crippen LogP contribution >= 0.6 is 11.6 Å². The standard InChI is InChI=1S/C23H16ClF2NO4S/c24-16-5-7-19(21(26)11-16)14-2-1-3-18(10-14)32(30,31)27-13-15(4-9-23(28)29)20-12-17(25)6-8-22(20)27/h1-3,5-8,10-13H,4,9H2,(H,28,29). The van der Waals surface area contributed by atoms with Gasteiger partial charge in [-0.1, -0.05) is 23.7 Å². The van der Waals surface area contributed by atoms with Crippen LogP contribution in [0.5, 0.6) is 0 Å². The van der Waals surface area contributed by atoms with Crippen LogP contribution in [-0.2, 0) is 21.2 Å². The number of fused-ring (bicyclic) bond motifs is 1. The molecule has 0 aliphatic carbocycles. The van der Waals surface area contributed by atoms with Gasteiger partial charge in [-0.25, -0.2) is 21.2 Å². The number of rotatable bonds is 6. The van der Waals surface area contributed by atoms with Crippen molar-refractivity contribution in [1.29, 1.82) is 0 Å². The van der Waals surface area contributed by atoms with Crippen molar-refractivity contribution in [1.82, 2.24) is 3.97 Å². The first-order valence-corrected chi connectivity index (χ1v) is 11.3. The number of aliphatic carboxylic acids is 1. The maximum atomic E-state index is 14.4. The molecule has 0 amide bonds. The van der Waals surface area contributed by atoms with Crippen LogP contribution in [0.1, 0.15) is 12.0 Å². The summed E-state index contributed by atoms with van der Waals surface area (Å²) in [6.07, 6.45) is 1.10. The first-order chi connectivity index (χ1) is 15.2. The lowest BCUT2D eigenvalue weighted by atomic mass is 10.1. The molecule has 32 heavy (non-hydrogen) atoms. The number of aryl methyl sites for hydroxylation is 1. The average molecular weight is 476 g/mol.